The third-order valence-corrected chi connectivity index (χ3v) is 3.53. The fraction of sp³-hybridized carbons (Fsp3) is 0.600. The Morgan fingerprint density at radius 2 is 2.05 bits per heavy atom. The van der Waals surface area contributed by atoms with Crippen LogP contribution in [0.4, 0.5) is 0 Å². The van der Waals surface area contributed by atoms with E-state index < -0.39 is 0 Å². The molecule has 0 radical (unpaired) electrons. The molecule has 20 heavy (non-hydrogen) atoms. The summed E-state index contributed by atoms with van der Waals surface area (Å²) in [7, 11) is 0. The Morgan fingerprint density at radius 1 is 1.25 bits per heavy atom. The summed E-state index contributed by atoms with van der Waals surface area (Å²) in [5.74, 6) is 1.65. The van der Waals surface area contributed by atoms with Crippen molar-refractivity contribution in [3.63, 3.8) is 0 Å². The van der Waals surface area contributed by atoms with Gasteiger partial charge >= 0.3 is 0 Å². The zero-order valence-corrected chi connectivity index (χ0v) is 11.8. The van der Waals surface area contributed by atoms with Crippen molar-refractivity contribution in [2.75, 3.05) is 39.6 Å². The summed E-state index contributed by atoms with van der Waals surface area (Å²) in [6.45, 7) is 6.27. The highest BCUT2D eigenvalue weighted by Gasteiger charge is 2.22. The van der Waals surface area contributed by atoms with Crippen LogP contribution in [0.15, 0.2) is 18.2 Å². The summed E-state index contributed by atoms with van der Waals surface area (Å²) < 4.78 is 22.1. The average Bonchev–Trinajstić information content (AvgIpc) is 2.44. The molecule has 0 aromatic heterocycles. The molecule has 1 aromatic rings. The molecule has 5 heteroatoms. The third kappa shape index (κ3) is 3.06. The van der Waals surface area contributed by atoms with Crippen molar-refractivity contribution >= 4 is 0 Å². The summed E-state index contributed by atoms with van der Waals surface area (Å²) in [6.07, 6.45) is 0.244. The highest BCUT2D eigenvalue weighted by atomic mass is 16.6. The second-order valence-electron chi connectivity index (χ2n) is 5.01. The molecule has 1 saturated heterocycles. The SMILES string of the molecule is CCNC(COC1COC1)c1ccc2c(c1)OCCO2. The van der Waals surface area contributed by atoms with Crippen LogP contribution in [0.3, 0.4) is 0 Å². The molecule has 0 aliphatic carbocycles. The number of hydrogen-bond donors (Lipinski definition) is 1. The molecule has 0 saturated carbocycles. The Balaban J connectivity index is 1.68. The van der Waals surface area contributed by atoms with E-state index in [0.717, 1.165) is 23.6 Å². The highest BCUT2D eigenvalue weighted by Crippen LogP contribution is 2.32. The van der Waals surface area contributed by atoms with E-state index in [9.17, 15) is 0 Å². The molecule has 110 valence electrons. The van der Waals surface area contributed by atoms with Crippen LogP contribution in [0.1, 0.15) is 18.5 Å². The maximum atomic E-state index is 5.83. The monoisotopic (exact) mass is 279 g/mol. The van der Waals surface area contributed by atoms with Gasteiger partial charge in [0, 0.05) is 0 Å². The fourth-order valence-electron chi connectivity index (χ4n) is 2.34. The van der Waals surface area contributed by atoms with Gasteiger partial charge in [0.1, 0.15) is 19.3 Å². The van der Waals surface area contributed by atoms with Gasteiger partial charge in [0.05, 0.1) is 25.9 Å². The quantitative estimate of drug-likeness (QED) is 0.855. The summed E-state index contributed by atoms with van der Waals surface area (Å²) in [6, 6.07) is 6.25. The van der Waals surface area contributed by atoms with Gasteiger partial charge in [0.2, 0.25) is 0 Å². The Bertz CT molecular complexity index is 447. The zero-order valence-electron chi connectivity index (χ0n) is 11.8. The first-order valence-electron chi connectivity index (χ1n) is 7.19. The normalized spacial score (nSPS) is 19.4. The van der Waals surface area contributed by atoms with Gasteiger partial charge in [-0.3, -0.25) is 0 Å². The van der Waals surface area contributed by atoms with Gasteiger partial charge in [0.15, 0.2) is 11.5 Å². The molecule has 1 N–H and O–H groups in total. The van der Waals surface area contributed by atoms with Crippen molar-refractivity contribution in [2.45, 2.75) is 19.1 Å². The first kappa shape index (κ1) is 13.7. The molecular weight excluding hydrogens is 258 g/mol. The van der Waals surface area contributed by atoms with E-state index in [2.05, 4.69) is 18.3 Å². The van der Waals surface area contributed by atoms with Crippen LogP contribution in [0.2, 0.25) is 0 Å². The molecular formula is C15H21NO4. The van der Waals surface area contributed by atoms with E-state index in [1.54, 1.807) is 0 Å². The minimum Gasteiger partial charge on any atom is -0.486 e. The average molecular weight is 279 g/mol. The lowest BCUT2D eigenvalue weighted by molar-refractivity contribution is -0.133. The lowest BCUT2D eigenvalue weighted by atomic mass is 10.1. The molecule has 1 fully saturated rings. The van der Waals surface area contributed by atoms with Crippen LogP contribution in [0, 0.1) is 0 Å². The predicted molar refractivity (Wildman–Crippen MR) is 74.4 cm³/mol. The summed E-state index contributed by atoms with van der Waals surface area (Å²) in [5.41, 5.74) is 1.16. The number of nitrogens with one attached hydrogen (secondary N) is 1. The Kier molecular flexibility index (Phi) is 4.40. The van der Waals surface area contributed by atoms with Gasteiger partial charge in [-0.25, -0.2) is 0 Å². The van der Waals surface area contributed by atoms with Crippen LogP contribution in [-0.4, -0.2) is 45.7 Å². The molecule has 1 unspecified atom stereocenters. The second-order valence-corrected chi connectivity index (χ2v) is 5.01. The number of hydrogen-bond acceptors (Lipinski definition) is 5. The van der Waals surface area contributed by atoms with Gasteiger partial charge in [-0.05, 0) is 24.2 Å². The molecule has 2 heterocycles. The molecule has 1 aromatic carbocycles. The third-order valence-electron chi connectivity index (χ3n) is 3.53. The fourth-order valence-corrected chi connectivity index (χ4v) is 2.34. The Morgan fingerprint density at radius 3 is 2.75 bits per heavy atom. The maximum absolute atomic E-state index is 5.83. The number of rotatable bonds is 6. The molecule has 0 bridgehead atoms. The van der Waals surface area contributed by atoms with Gasteiger partial charge in [-0.2, -0.15) is 0 Å². The van der Waals surface area contributed by atoms with Gasteiger partial charge in [-0.1, -0.05) is 13.0 Å². The van der Waals surface area contributed by atoms with Crippen molar-refractivity contribution in [2.24, 2.45) is 0 Å². The maximum Gasteiger partial charge on any atom is 0.161 e. The van der Waals surface area contributed by atoms with Gasteiger partial charge in [0.25, 0.3) is 0 Å². The number of benzene rings is 1. The van der Waals surface area contributed by atoms with Crippen molar-refractivity contribution in [1.82, 2.24) is 5.32 Å². The summed E-state index contributed by atoms with van der Waals surface area (Å²) >= 11 is 0. The van der Waals surface area contributed by atoms with E-state index in [-0.39, 0.29) is 12.1 Å². The van der Waals surface area contributed by atoms with Crippen LogP contribution in [0.25, 0.3) is 0 Å². The Labute approximate surface area is 119 Å². The minimum absolute atomic E-state index is 0.163. The summed E-state index contributed by atoms with van der Waals surface area (Å²) in [4.78, 5) is 0. The van der Waals surface area contributed by atoms with Crippen LogP contribution in [0.5, 0.6) is 11.5 Å². The molecule has 3 rings (SSSR count). The van der Waals surface area contributed by atoms with E-state index in [1.807, 2.05) is 12.1 Å². The van der Waals surface area contributed by atoms with Gasteiger partial charge < -0.3 is 24.3 Å². The lowest BCUT2D eigenvalue weighted by Gasteiger charge is -2.29. The molecule has 0 spiro atoms. The van der Waals surface area contributed by atoms with E-state index in [1.165, 1.54) is 0 Å². The molecule has 2 aliphatic rings. The predicted octanol–water partition coefficient (Wildman–Crippen LogP) is 1.52. The lowest BCUT2D eigenvalue weighted by Crippen LogP contribution is -2.38. The zero-order chi connectivity index (χ0) is 13.8. The number of ether oxygens (including phenoxy) is 4. The van der Waals surface area contributed by atoms with E-state index in [0.29, 0.717) is 33.0 Å². The van der Waals surface area contributed by atoms with Crippen molar-refractivity contribution in [3.05, 3.63) is 23.8 Å². The minimum atomic E-state index is 0.163. The summed E-state index contributed by atoms with van der Waals surface area (Å²) in [5, 5.41) is 3.45. The van der Waals surface area contributed by atoms with Crippen molar-refractivity contribution in [1.29, 1.82) is 0 Å². The Hall–Kier alpha value is -1.30. The molecule has 2 aliphatic heterocycles. The first-order valence-corrected chi connectivity index (χ1v) is 7.19. The molecule has 5 nitrogen and oxygen atoms in total. The largest absolute Gasteiger partial charge is 0.486 e. The number of likely N-dealkylation sites (N-methyl/N-ethyl adjacent to an activating group) is 1. The van der Waals surface area contributed by atoms with Crippen molar-refractivity contribution < 1.29 is 18.9 Å². The molecule has 1 atom stereocenters. The van der Waals surface area contributed by atoms with Gasteiger partial charge in [-0.15, -0.1) is 0 Å². The van der Waals surface area contributed by atoms with Crippen LogP contribution < -0.4 is 14.8 Å². The topological polar surface area (TPSA) is 49.0 Å². The smallest absolute Gasteiger partial charge is 0.161 e. The second kappa shape index (κ2) is 6.43. The standard InChI is InChI=1S/C15H21NO4/c1-2-16-13(10-20-12-8-17-9-12)11-3-4-14-15(7-11)19-6-5-18-14/h3-4,7,12-13,16H,2,5-6,8-10H2,1H3. The highest BCUT2D eigenvalue weighted by molar-refractivity contribution is 5.44. The van der Waals surface area contributed by atoms with Crippen LogP contribution in [-0.2, 0) is 9.47 Å². The molecule has 0 amide bonds. The first-order chi connectivity index (χ1) is 9.86. The van der Waals surface area contributed by atoms with Crippen molar-refractivity contribution in [3.8, 4) is 11.5 Å². The van der Waals surface area contributed by atoms with Crippen LogP contribution >= 0.6 is 0 Å². The number of fused-ring (bicyclic) bond motifs is 1. The van der Waals surface area contributed by atoms with E-state index in [4.69, 9.17) is 18.9 Å². The van der Waals surface area contributed by atoms with E-state index >= 15 is 0 Å².